The van der Waals surface area contributed by atoms with Crippen molar-refractivity contribution in [3.63, 3.8) is 0 Å². The molecule has 2 aromatic carbocycles. The number of nitrogens with one attached hydrogen (secondary N) is 3. The Bertz CT molecular complexity index is 959. The van der Waals surface area contributed by atoms with Crippen molar-refractivity contribution in [3.8, 4) is 11.5 Å². The lowest BCUT2D eigenvalue weighted by molar-refractivity contribution is -0.124. The van der Waals surface area contributed by atoms with Crippen LogP contribution in [0.2, 0.25) is 15.1 Å². The van der Waals surface area contributed by atoms with Crippen LogP contribution in [0.1, 0.15) is 18.4 Å². The Morgan fingerprint density at radius 3 is 2.45 bits per heavy atom. The van der Waals surface area contributed by atoms with E-state index in [1.807, 2.05) is 6.92 Å². The molecule has 0 aliphatic rings. The van der Waals surface area contributed by atoms with Crippen molar-refractivity contribution in [1.29, 1.82) is 0 Å². The first-order valence-electron chi connectivity index (χ1n) is 9.10. The van der Waals surface area contributed by atoms with Crippen LogP contribution in [-0.4, -0.2) is 30.1 Å². The lowest BCUT2D eigenvalue weighted by Gasteiger charge is -2.12. The molecule has 0 radical (unpaired) electrons. The van der Waals surface area contributed by atoms with Gasteiger partial charge in [0.1, 0.15) is 11.5 Å². The first-order chi connectivity index (χ1) is 14.7. The standard InChI is InChI=1S/C20H20Cl3N3O4S/c1-12-9-14(5-6-15(12)22)30-11-19(28)25-26-20(31)24-18(27)3-2-8-29-17-7-4-13(21)10-16(17)23/h4-7,9-10H,2-3,8,11H2,1H3,(H,25,28)(H2,24,26,27,31). The largest absolute Gasteiger partial charge is 0.492 e. The quantitative estimate of drug-likeness (QED) is 0.283. The van der Waals surface area contributed by atoms with Gasteiger partial charge in [-0.15, -0.1) is 0 Å². The summed E-state index contributed by atoms with van der Waals surface area (Å²) in [6.07, 6.45) is 0.605. The number of ether oxygens (including phenoxy) is 2. The summed E-state index contributed by atoms with van der Waals surface area (Å²) in [4.78, 5) is 23.7. The van der Waals surface area contributed by atoms with Crippen LogP contribution in [0.4, 0.5) is 0 Å². The van der Waals surface area contributed by atoms with E-state index in [1.165, 1.54) is 0 Å². The van der Waals surface area contributed by atoms with Gasteiger partial charge in [0, 0.05) is 16.5 Å². The fourth-order valence-electron chi connectivity index (χ4n) is 2.25. The number of thiocarbonyl (C=S) groups is 1. The second-order valence-corrected chi connectivity index (χ2v) is 7.94. The molecular weight excluding hydrogens is 485 g/mol. The molecule has 0 saturated carbocycles. The molecule has 0 aliphatic heterocycles. The third-order valence-corrected chi connectivity index (χ3v) is 4.93. The van der Waals surface area contributed by atoms with Crippen molar-refractivity contribution < 1.29 is 19.1 Å². The third-order valence-electron chi connectivity index (χ3n) is 3.77. The van der Waals surface area contributed by atoms with Crippen LogP contribution in [-0.2, 0) is 9.59 Å². The Labute approximate surface area is 200 Å². The van der Waals surface area contributed by atoms with E-state index in [0.717, 1.165) is 5.56 Å². The van der Waals surface area contributed by atoms with Crippen molar-refractivity contribution in [1.82, 2.24) is 16.2 Å². The van der Waals surface area contributed by atoms with Gasteiger partial charge < -0.3 is 14.8 Å². The molecule has 0 aromatic heterocycles. The normalized spacial score (nSPS) is 10.2. The number of aryl methyl sites for hydroxylation is 1. The van der Waals surface area contributed by atoms with Gasteiger partial charge in [0.05, 0.1) is 11.6 Å². The predicted molar refractivity (Wildman–Crippen MR) is 125 cm³/mol. The van der Waals surface area contributed by atoms with E-state index in [0.29, 0.717) is 33.0 Å². The number of hydrogen-bond donors (Lipinski definition) is 3. The molecule has 3 N–H and O–H groups in total. The number of hydrogen-bond acceptors (Lipinski definition) is 5. The average Bonchev–Trinajstić information content (AvgIpc) is 2.71. The predicted octanol–water partition coefficient (Wildman–Crippen LogP) is 4.22. The van der Waals surface area contributed by atoms with E-state index < -0.39 is 5.91 Å². The van der Waals surface area contributed by atoms with Crippen molar-refractivity contribution in [3.05, 3.63) is 57.0 Å². The SMILES string of the molecule is Cc1cc(OCC(=O)NNC(=S)NC(=O)CCCOc2ccc(Cl)cc2Cl)ccc1Cl. The van der Waals surface area contributed by atoms with Gasteiger partial charge in [0.15, 0.2) is 11.7 Å². The molecule has 0 heterocycles. The van der Waals surface area contributed by atoms with E-state index in [2.05, 4.69) is 16.2 Å². The summed E-state index contributed by atoms with van der Waals surface area (Å²) < 4.78 is 10.9. The van der Waals surface area contributed by atoms with Crippen LogP contribution in [0.25, 0.3) is 0 Å². The number of benzene rings is 2. The molecule has 0 fully saturated rings. The zero-order valence-electron chi connectivity index (χ0n) is 16.5. The lowest BCUT2D eigenvalue weighted by atomic mass is 10.2. The van der Waals surface area contributed by atoms with E-state index in [9.17, 15) is 9.59 Å². The van der Waals surface area contributed by atoms with Crippen LogP contribution in [0.15, 0.2) is 36.4 Å². The minimum absolute atomic E-state index is 0.0395. The van der Waals surface area contributed by atoms with Crippen LogP contribution in [0, 0.1) is 6.92 Å². The Hall–Kier alpha value is -2.26. The molecule has 2 aromatic rings. The van der Waals surface area contributed by atoms with Crippen LogP contribution >= 0.6 is 47.0 Å². The van der Waals surface area contributed by atoms with Gasteiger partial charge in [0.25, 0.3) is 5.91 Å². The monoisotopic (exact) mass is 503 g/mol. The molecule has 7 nitrogen and oxygen atoms in total. The summed E-state index contributed by atoms with van der Waals surface area (Å²) in [5, 5.41) is 3.93. The van der Waals surface area contributed by atoms with Gasteiger partial charge in [-0.1, -0.05) is 34.8 Å². The topological polar surface area (TPSA) is 88.7 Å². The van der Waals surface area contributed by atoms with Crippen molar-refractivity contribution in [2.24, 2.45) is 0 Å². The number of amides is 2. The second kappa shape index (κ2) is 12.6. The Balaban J connectivity index is 1.60. The summed E-state index contributed by atoms with van der Waals surface area (Å²) in [5.74, 6) is 0.195. The number of carbonyl (C=O) groups is 2. The molecule has 0 spiro atoms. The van der Waals surface area contributed by atoms with Gasteiger partial charge in [-0.3, -0.25) is 20.4 Å². The first kappa shape index (κ1) is 25.0. The van der Waals surface area contributed by atoms with Crippen LogP contribution < -0.4 is 25.6 Å². The van der Waals surface area contributed by atoms with Crippen molar-refractivity contribution in [2.75, 3.05) is 13.2 Å². The highest BCUT2D eigenvalue weighted by atomic mass is 35.5. The Morgan fingerprint density at radius 2 is 1.74 bits per heavy atom. The zero-order chi connectivity index (χ0) is 22.8. The number of carbonyl (C=O) groups excluding carboxylic acids is 2. The highest BCUT2D eigenvalue weighted by Crippen LogP contribution is 2.27. The zero-order valence-corrected chi connectivity index (χ0v) is 19.6. The maximum Gasteiger partial charge on any atom is 0.276 e. The lowest BCUT2D eigenvalue weighted by Crippen LogP contribution is -2.49. The molecule has 0 saturated heterocycles. The molecule has 31 heavy (non-hydrogen) atoms. The van der Waals surface area contributed by atoms with E-state index in [4.69, 9.17) is 56.5 Å². The first-order valence-corrected chi connectivity index (χ1v) is 10.6. The van der Waals surface area contributed by atoms with E-state index >= 15 is 0 Å². The third kappa shape index (κ3) is 9.18. The van der Waals surface area contributed by atoms with Crippen LogP contribution in [0.5, 0.6) is 11.5 Å². The second-order valence-electron chi connectivity index (χ2n) is 6.28. The summed E-state index contributed by atoms with van der Waals surface area (Å²) in [6, 6.07) is 9.96. The molecule has 0 atom stereocenters. The number of hydrazine groups is 1. The highest BCUT2D eigenvalue weighted by molar-refractivity contribution is 7.80. The molecule has 2 rings (SSSR count). The fourth-order valence-corrected chi connectivity index (χ4v) is 2.99. The number of halogens is 3. The summed E-state index contributed by atoms with van der Waals surface area (Å²) in [7, 11) is 0. The van der Waals surface area contributed by atoms with Crippen molar-refractivity contribution in [2.45, 2.75) is 19.8 Å². The summed E-state index contributed by atoms with van der Waals surface area (Å²) in [6.45, 7) is 1.87. The average molecular weight is 505 g/mol. The molecular formula is C20H20Cl3N3O4S. The molecule has 2 amide bonds. The maximum atomic E-state index is 11.9. The Morgan fingerprint density at radius 1 is 0.968 bits per heavy atom. The molecule has 0 unspecified atom stereocenters. The van der Waals surface area contributed by atoms with Gasteiger partial charge in [0.2, 0.25) is 5.91 Å². The number of rotatable bonds is 8. The van der Waals surface area contributed by atoms with Gasteiger partial charge in [-0.25, -0.2) is 0 Å². The smallest absolute Gasteiger partial charge is 0.276 e. The van der Waals surface area contributed by atoms with E-state index in [1.54, 1.807) is 36.4 Å². The molecule has 0 bridgehead atoms. The summed E-state index contributed by atoms with van der Waals surface area (Å²) in [5.41, 5.74) is 5.61. The molecule has 11 heteroatoms. The minimum Gasteiger partial charge on any atom is -0.492 e. The van der Waals surface area contributed by atoms with Crippen molar-refractivity contribution >= 4 is 63.9 Å². The van der Waals surface area contributed by atoms with E-state index in [-0.39, 0.29) is 30.7 Å². The van der Waals surface area contributed by atoms with Crippen LogP contribution in [0.3, 0.4) is 0 Å². The fraction of sp³-hybridized carbons (Fsp3) is 0.250. The molecule has 0 aliphatic carbocycles. The van der Waals surface area contributed by atoms with Gasteiger partial charge >= 0.3 is 0 Å². The summed E-state index contributed by atoms with van der Waals surface area (Å²) >= 11 is 22.7. The minimum atomic E-state index is -0.475. The van der Waals surface area contributed by atoms with Gasteiger partial charge in [-0.05, 0) is 67.5 Å². The maximum absolute atomic E-state index is 11.9. The van der Waals surface area contributed by atoms with Gasteiger partial charge in [-0.2, -0.15) is 0 Å². The molecule has 166 valence electrons. The highest BCUT2D eigenvalue weighted by Gasteiger charge is 2.08. The Kier molecular flexibility index (Phi) is 10.1.